The summed E-state index contributed by atoms with van der Waals surface area (Å²) >= 11 is 0. The number of likely N-dealkylation sites (N-methyl/N-ethyl adjacent to an activating group) is 1. The molecule has 44 heavy (non-hydrogen) atoms. The van der Waals surface area contributed by atoms with Crippen molar-refractivity contribution in [2.75, 3.05) is 44.7 Å². The van der Waals surface area contributed by atoms with Gasteiger partial charge < -0.3 is 19.1 Å². The van der Waals surface area contributed by atoms with Crippen LogP contribution in [0.4, 0.5) is 10.1 Å². The van der Waals surface area contributed by atoms with Crippen LogP contribution in [0.25, 0.3) is 10.9 Å². The average Bonchev–Trinajstić information content (AvgIpc) is 3.01. The van der Waals surface area contributed by atoms with Gasteiger partial charge in [-0.05, 0) is 26.5 Å². The summed E-state index contributed by atoms with van der Waals surface area (Å²) in [4.78, 5) is 52.1. The van der Waals surface area contributed by atoms with E-state index in [0.29, 0.717) is 36.5 Å². The van der Waals surface area contributed by atoms with E-state index >= 15 is 4.39 Å². The first kappa shape index (κ1) is 33.7. The van der Waals surface area contributed by atoms with Crippen molar-refractivity contribution >= 4 is 28.5 Å². The molecule has 0 radical (unpaired) electrons. The molecule has 1 fully saturated rings. The molecule has 1 saturated heterocycles. The molecule has 0 amide bonds. The van der Waals surface area contributed by atoms with Crippen LogP contribution >= 0.6 is 0 Å². The summed E-state index contributed by atoms with van der Waals surface area (Å²) in [6, 6.07) is 0.950. The number of hydrogen-bond donors (Lipinski definition) is 0. The number of carbonyl (C=O) groups is 2. The average molecular weight is 616 g/mol. The van der Waals surface area contributed by atoms with Gasteiger partial charge in [-0.2, -0.15) is 0 Å². The van der Waals surface area contributed by atoms with Gasteiger partial charge in [-0.15, -0.1) is 0 Å². The lowest BCUT2D eigenvalue weighted by Crippen LogP contribution is -2.45. The summed E-state index contributed by atoms with van der Waals surface area (Å²) in [5.74, 6) is -2.01. The first-order chi connectivity index (χ1) is 21.3. The molecule has 244 valence electrons. The molecule has 2 aliphatic heterocycles. The summed E-state index contributed by atoms with van der Waals surface area (Å²) in [5.41, 5.74) is -0.239. The van der Waals surface area contributed by atoms with E-state index in [9.17, 15) is 14.4 Å². The maximum atomic E-state index is 15.5. The van der Waals surface area contributed by atoms with Crippen LogP contribution in [-0.4, -0.2) is 61.2 Å². The molecular formula is C34H50FN3O6. The van der Waals surface area contributed by atoms with Crippen LogP contribution in [0.15, 0.2) is 17.1 Å². The Labute approximate surface area is 260 Å². The van der Waals surface area contributed by atoms with Gasteiger partial charge in [0.25, 0.3) is 0 Å². The van der Waals surface area contributed by atoms with E-state index in [0.717, 1.165) is 32.4 Å². The van der Waals surface area contributed by atoms with Crippen molar-refractivity contribution in [3.63, 3.8) is 0 Å². The summed E-state index contributed by atoms with van der Waals surface area (Å²) < 4.78 is 23.3. The van der Waals surface area contributed by atoms with Gasteiger partial charge in [0.05, 0.1) is 23.4 Å². The molecule has 3 heterocycles. The highest BCUT2D eigenvalue weighted by Gasteiger charge is 2.31. The van der Waals surface area contributed by atoms with Gasteiger partial charge in [0.1, 0.15) is 17.9 Å². The first-order valence-electron chi connectivity index (χ1n) is 16.7. The second-order valence-electron chi connectivity index (χ2n) is 12.5. The van der Waals surface area contributed by atoms with Crippen LogP contribution < -0.4 is 15.1 Å². The molecule has 0 N–H and O–H groups in total. The van der Waals surface area contributed by atoms with Crippen molar-refractivity contribution in [3.05, 3.63) is 33.9 Å². The largest absolute Gasteiger partial charge is 0.487 e. The fourth-order valence-corrected chi connectivity index (χ4v) is 6.14. The highest BCUT2D eigenvalue weighted by Crippen LogP contribution is 2.42. The third-order valence-electron chi connectivity index (χ3n) is 8.88. The maximum absolute atomic E-state index is 15.5. The lowest BCUT2D eigenvalue weighted by molar-refractivity contribution is -0.234. The molecule has 0 saturated carbocycles. The molecule has 10 heteroatoms. The zero-order valence-electron chi connectivity index (χ0n) is 26.8. The minimum atomic E-state index is -1.08. The van der Waals surface area contributed by atoms with Gasteiger partial charge in [0, 0.05) is 32.4 Å². The standard InChI is InChI=1S/C34H50FN3O6/c1-4-5-6-7-8-9-10-11-12-13-14-15-16-17-29(39)43-44-34(41)27-23-38-25(2)24-42-33-30(38)26(32(27)40)22-28(35)31(33)37-20-18-36(3)19-21-37/h22-23,25H,4-21,24H2,1-3H3/t25-/m0/s1. The van der Waals surface area contributed by atoms with E-state index in [1.807, 2.05) is 18.9 Å². The Balaban J connectivity index is 1.26. The van der Waals surface area contributed by atoms with Crippen molar-refractivity contribution in [2.45, 2.75) is 110 Å². The zero-order chi connectivity index (χ0) is 31.5. The second kappa shape index (κ2) is 16.8. The molecule has 0 aliphatic carbocycles. The van der Waals surface area contributed by atoms with E-state index in [1.165, 1.54) is 70.1 Å². The van der Waals surface area contributed by atoms with Gasteiger partial charge >= 0.3 is 11.9 Å². The number of pyridine rings is 1. The monoisotopic (exact) mass is 615 g/mol. The molecule has 1 aromatic carbocycles. The number of unbranched alkanes of at least 4 members (excludes halogenated alkanes) is 12. The smallest absolute Gasteiger partial charge is 0.391 e. The molecule has 2 aliphatic rings. The Morgan fingerprint density at radius 2 is 1.50 bits per heavy atom. The lowest BCUT2D eigenvalue weighted by atomic mass is 10.0. The number of carbonyl (C=O) groups excluding carboxylic acids is 2. The number of ether oxygens (including phenoxy) is 1. The fourth-order valence-electron chi connectivity index (χ4n) is 6.14. The molecule has 1 atom stereocenters. The van der Waals surface area contributed by atoms with E-state index in [-0.39, 0.29) is 30.0 Å². The van der Waals surface area contributed by atoms with Gasteiger partial charge in [-0.1, -0.05) is 84.0 Å². The Morgan fingerprint density at radius 3 is 2.11 bits per heavy atom. The number of anilines is 1. The number of rotatable bonds is 16. The summed E-state index contributed by atoms with van der Waals surface area (Å²) in [6.45, 7) is 7.19. The van der Waals surface area contributed by atoms with Crippen LogP contribution in [0.2, 0.25) is 0 Å². The zero-order valence-corrected chi connectivity index (χ0v) is 26.8. The fraction of sp³-hybridized carbons (Fsp3) is 0.676. The van der Waals surface area contributed by atoms with Crippen molar-refractivity contribution in [2.24, 2.45) is 0 Å². The molecule has 4 rings (SSSR count). The molecule has 0 bridgehead atoms. The Morgan fingerprint density at radius 1 is 0.909 bits per heavy atom. The number of benzene rings is 1. The summed E-state index contributed by atoms with van der Waals surface area (Å²) in [5, 5.41) is 0.0228. The summed E-state index contributed by atoms with van der Waals surface area (Å²) in [6.07, 6.45) is 17.1. The minimum Gasteiger partial charge on any atom is -0.487 e. The number of aromatic nitrogens is 1. The predicted octanol–water partition coefficient (Wildman–Crippen LogP) is 6.94. The van der Waals surface area contributed by atoms with Gasteiger partial charge in [0.15, 0.2) is 11.6 Å². The van der Waals surface area contributed by atoms with E-state index < -0.39 is 23.2 Å². The van der Waals surface area contributed by atoms with E-state index in [2.05, 4.69) is 11.8 Å². The van der Waals surface area contributed by atoms with Crippen LogP contribution in [0.1, 0.15) is 120 Å². The Bertz CT molecular complexity index is 1320. The van der Waals surface area contributed by atoms with Crippen molar-refractivity contribution < 1.29 is 28.5 Å². The second-order valence-corrected chi connectivity index (χ2v) is 12.5. The third-order valence-corrected chi connectivity index (χ3v) is 8.88. The molecule has 1 aromatic heterocycles. The Kier molecular flexibility index (Phi) is 12.9. The quantitative estimate of drug-likeness (QED) is 0.114. The van der Waals surface area contributed by atoms with Crippen LogP contribution in [0, 0.1) is 5.82 Å². The van der Waals surface area contributed by atoms with Crippen molar-refractivity contribution in [3.8, 4) is 5.75 Å². The SMILES string of the molecule is CCCCCCCCCCCCCCCC(=O)OOC(=O)c1cn2c3c(c(N4CCN(C)CC4)c(F)cc3c1=O)OC[C@@H]2C. The van der Waals surface area contributed by atoms with Crippen molar-refractivity contribution in [1.82, 2.24) is 9.47 Å². The number of nitrogens with zero attached hydrogens (tertiary/aromatic N) is 3. The molecule has 2 aromatic rings. The lowest BCUT2D eigenvalue weighted by Gasteiger charge is -2.37. The Hall–Kier alpha value is -3.14. The van der Waals surface area contributed by atoms with E-state index in [4.69, 9.17) is 14.5 Å². The maximum Gasteiger partial charge on any atom is 0.391 e. The topological polar surface area (TPSA) is 90.3 Å². The van der Waals surface area contributed by atoms with E-state index in [1.54, 1.807) is 4.57 Å². The van der Waals surface area contributed by atoms with Crippen molar-refractivity contribution in [1.29, 1.82) is 0 Å². The highest BCUT2D eigenvalue weighted by molar-refractivity contribution is 5.98. The number of piperazine rings is 1. The number of hydrogen-bond acceptors (Lipinski definition) is 8. The normalized spacial score (nSPS) is 16.6. The third kappa shape index (κ3) is 8.73. The van der Waals surface area contributed by atoms with Crippen LogP contribution in [-0.2, 0) is 14.6 Å². The minimum absolute atomic E-state index is 0.0228. The first-order valence-corrected chi connectivity index (χ1v) is 16.7. The molecule has 9 nitrogen and oxygen atoms in total. The molecular weight excluding hydrogens is 565 g/mol. The molecule has 0 unspecified atom stereocenters. The van der Waals surface area contributed by atoms with Gasteiger partial charge in [0.2, 0.25) is 5.43 Å². The predicted molar refractivity (Wildman–Crippen MR) is 170 cm³/mol. The molecule has 0 spiro atoms. The highest BCUT2D eigenvalue weighted by atomic mass is 19.1. The van der Waals surface area contributed by atoms with Gasteiger partial charge in [-0.25, -0.2) is 23.8 Å². The summed E-state index contributed by atoms with van der Waals surface area (Å²) in [7, 11) is 2.02. The number of halogens is 1. The van der Waals surface area contributed by atoms with Crippen LogP contribution in [0.3, 0.4) is 0 Å². The van der Waals surface area contributed by atoms with Crippen LogP contribution in [0.5, 0.6) is 5.75 Å². The van der Waals surface area contributed by atoms with Gasteiger partial charge in [-0.3, -0.25) is 4.79 Å².